The molecule has 1 heterocycles. The zero-order chi connectivity index (χ0) is 17.5. The van der Waals surface area contributed by atoms with Crippen LogP contribution in [0.4, 0.5) is 0 Å². The molecule has 1 aromatic heterocycles. The Morgan fingerprint density at radius 1 is 0.654 bits per heavy atom. The number of hydrogen-bond donors (Lipinski definition) is 0. The largest absolute Gasteiger partial charge is 0.457 e. The second kappa shape index (κ2) is 5.74. The zero-order valence-electron chi connectivity index (χ0n) is 13.8. The highest BCUT2D eigenvalue weighted by Crippen LogP contribution is 2.36. The number of esters is 1. The lowest BCUT2D eigenvalue weighted by Gasteiger charge is -2.11. The van der Waals surface area contributed by atoms with Gasteiger partial charge in [0.25, 0.3) is 0 Å². The number of rotatable bonds is 2. The SMILES string of the molecule is O=C(Oc1ccc2c3ccccc3c3ccccc3c2c1)c1ccco1. The van der Waals surface area contributed by atoms with Crippen LogP contribution in [0.1, 0.15) is 10.6 Å². The lowest BCUT2D eigenvalue weighted by Crippen LogP contribution is -2.06. The van der Waals surface area contributed by atoms with Crippen molar-refractivity contribution in [2.24, 2.45) is 0 Å². The fourth-order valence-corrected chi connectivity index (χ4v) is 3.50. The third-order valence-electron chi connectivity index (χ3n) is 4.65. The summed E-state index contributed by atoms with van der Waals surface area (Å²) in [6.07, 6.45) is 1.45. The van der Waals surface area contributed by atoms with Crippen molar-refractivity contribution in [2.75, 3.05) is 0 Å². The van der Waals surface area contributed by atoms with Gasteiger partial charge in [-0.05, 0) is 56.6 Å². The van der Waals surface area contributed by atoms with Crippen LogP contribution in [0.5, 0.6) is 5.75 Å². The van der Waals surface area contributed by atoms with Gasteiger partial charge in [0.1, 0.15) is 5.75 Å². The van der Waals surface area contributed by atoms with E-state index in [1.165, 1.54) is 22.4 Å². The summed E-state index contributed by atoms with van der Waals surface area (Å²) < 4.78 is 10.6. The van der Waals surface area contributed by atoms with Crippen molar-refractivity contribution in [3.05, 3.63) is 90.9 Å². The fourth-order valence-electron chi connectivity index (χ4n) is 3.50. The number of ether oxygens (including phenoxy) is 1. The molecule has 0 atom stereocenters. The number of hydrogen-bond acceptors (Lipinski definition) is 3. The minimum atomic E-state index is -0.501. The normalized spacial score (nSPS) is 11.2. The van der Waals surface area contributed by atoms with Crippen LogP contribution in [-0.2, 0) is 0 Å². The van der Waals surface area contributed by atoms with Crippen molar-refractivity contribution in [1.29, 1.82) is 0 Å². The highest BCUT2D eigenvalue weighted by atomic mass is 16.5. The predicted octanol–water partition coefficient (Wildman–Crippen LogP) is 5.96. The summed E-state index contributed by atoms with van der Waals surface area (Å²) in [7, 11) is 0. The predicted molar refractivity (Wildman–Crippen MR) is 103 cm³/mol. The monoisotopic (exact) mass is 338 g/mol. The van der Waals surface area contributed by atoms with Crippen LogP contribution in [0.2, 0.25) is 0 Å². The maximum absolute atomic E-state index is 12.2. The molecule has 0 spiro atoms. The van der Waals surface area contributed by atoms with Gasteiger partial charge in [0.15, 0.2) is 0 Å². The average Bonchev–Trinajstić information content (AvgIpc) is 3.23. The van der Waals surface area contributed by atoms with Crippen LogP contribution in [0, 0.1) is 0 Å². The Hall–Kier alpha value is -3.59. The summed E-state index contributed by atoms with van der Waals surface area (Å²) >= 11 is 0. The van der Waals surface area contributed by atoms with Crippen molar-refractivity contribution >= 4 is 38.3 Å². The molecule has 124 valence electrons. The second-order valence-electron chi connectivity index (χ2n) is 6.17. The van der Waals surface area contributed by atoms with Crippen LogP contribution in [0.3, 0.4) is 0 Å². The first-order valence-corrected chi connectivity index (χ1v) is 8.40. The molecule has 0 saturated carbocycles. The van der Waals surface area contributed by atoms with Gasteiger partial charge in [0.2, 0.25) is 5.76 Å². The molecule has 0 aliphatic heterocycles. The van der Waals surface area contributed by atoms with E-state index in [4.69, 9.17) is 9.15 Å². The molecule has 0 aliphatic rings. The van der Waals surface area contributed by atoms with Gasteiger partial charge >= 0.3 is 5.97 Å². The average molecular weight is 338 g/mol. The molecule has 5 aromatic rings. The Morgan fingerprint density at radius 2 is 1.23 bits per heavy atom. The highest BCUT2D eigenvalue weighted by molar-refractivity contribution is 6.25. The molecule has 0 aliphatic carbocycles. The maximum atomic E-state index is 12.2. The summed E-state index contributed by atoms with van der Waals surface area (Å²) in [5.74, 6) is 0.187. The highest BCUT2D eigenvalue weighted by Gasteiger charge is 2.13. The Morgan fingerprint density at radius 3 is 1.81 bits per heavy atom. The third-order valence-corrected chi connectivity index (χ3v) is 4.65. The number of furan rings is 1. The molecule has 0 bridgehead atoms. The van der Waals surface area contributed by atoms with E-state index < -0.39 is 5.97 Å². The molecule has 0 amide bonds. The third kappa shape index (κ3) is 2.25. The summed E-state index contributed by atoms with van der Waals surface area (Å²) in [4.78, 5) is 12.2. The number of benzene rings is 4. The molecule has 26 heavy (non-hydrogen) atoms. The van der Waals surface area contributed by atoms with E-state index in [2.05, 4.69) is 30.3 Å². The Balaban J connectivity index is 1.74. The van der Waals surface area contributed by atoms with Gasteiger partial charge in [-0.3, -0.25) is 0 Å². The first kappa shape index (κ1) is 14.7. The van der Waals surface area contributed by atoms with E-state index in [0.29, 0.717) is 5.75 Å². The van der Waals surface area contributed by atoms with Gasteiger partial charge in [0, 0.05) is 0 Å². The van der Waals surface area contributed by atoms with Gasteiger partial charge < -0.3 is 9.15 Å². The van der Waals surface area contributed by atoms with E-state index in [9.17, 15) is 4.79 Å². The van der Waals surface area contributed by atoms with E-state index in [1.54, 1.807) is 12.1 Å². The zero-order valence-corrected chi connectivity index (χ0v) is 13.8. The molecule has 0 N–H and O–H groups in total. The number of fused-ring (bicyclic) bond motifs is 6. The van der Waals surface area contributed by atoms with Crippen molar-refractivity contribution < 1.29 is 13.9 Å². The molecule has 0 radical (unpaired) electrons. The molecule has 4 aromatic carbocycles. The molecule has 3 nitrogen and oxygen atoms in total. The molecular weight excluding hydrogens is 324 g/mol. The molecule has 3 heteroatoms. The van der Waals surface area contributed by atoms with Crippen molar-refractivity contribution in [3.8, 4) is 5.75 Å². The van der Waals surface area contributed by atoms with E-state index >= 15 is 0 Å². The Kier molecular flexibility index (Phi) is 3.25. The van der Waals surface area contributed by atoms with Gasteiger partial charge in [-0.15, -0.1) is 0 Å². The van der Waals surface area contributed by atoms with Crippen molar-refractivity contribution in [1.82, 2.24) is 0 Å². The van der Waals surface area contributed by atoms with Crippen LogP contribution in [-0.4, -0.2) is 5.97 Å². The summed E-state index contributed by atoms with van der Waals surface area (Å²) in [6, 6.07) is 25.7. The quantitative estimate of drug-likeness (QED) is 0.226. The molecule has 0 saturated heterocycles. The molecular formula is C23H14O3. The number of carbonyl (C=O) groups excluding carboxylic acids is 1. The lowest BCUT2D eigenvalue weighted by atomic mass is 9.94. The van der Waals surface area contributed by atoms with Crippen molar-refractivity contribution in [2.45, 2.75) is 0 Å². The van der Waals surface area contributed by atoms with Crippen LogP contribution in [0.25, 0.3) is 32.3 Å². The van der Waals surface area contributed by atoms with Crippen molar-refractivity contribution in [3.63, 3.8) is 0 Å². The van der Waals surface area contributed by atoms with E-state index in [0.717, 1.165) is 16.2 Å². The Bertz CT molecular complexity index is 1230. The molecule has 0 fully saturated rings. The van der Waals surface area contributed by atoms with Crippen LogP contribution in [0.15, 0.2) is 89.5 Å². The minimum absolute atomic E-state index is 0.188. The summed E-state index contributed by atoms with van der Waals surface area (Å²) in [5.41, 5.74) is 0. The van der Waals surface area contributed by atoms with Crippen LogP contribution < -0.4 is 4.74 Å². The second-order valence-corrected chi connectivity index (χ2v) is 6.17. The van der Waals surface area contributed by atoms with Gasteiger partial charge in [-0.1, -0.05) is 54.6 Å². The van der Waals surface area contributed by atoms with E-state index in [1.807, 2.05) is 36.4 Å². The minimum Gasteiger partial charge on any atom is -0.457 e. The standard InChI is InChI=1S/C23H14O3/c24-23(22-10-5-13-25-22)26-15-11-12-20-18-8-2-1-6-16(18)17-7-3-4-9-19(17)21(20)14-15/h1-14H. The number of carbonyl (C=O) groups is 1. The first-order valence-electron chi connectivity index (χ1n) is 8.40. The first-order chi connectivity index (χ1) is 12.8. The van der Waals surface area contributed by atoms with Crippen LogP contribution >= 0.6 is 0 Å². The fraction of sp³-hybridized carbons (Fsp3) is 0. The topological polar surface area (TPSA) is 39.4 Å². The van der Waals surface area contributed by atoms with E-state index in [-0.39, 0.29) is 5.76 Å². The lowest BCUT2D eigenvalue weighted by molar-refractivity contribution is 0.0701. The summed E-state index contributed by atoms with van der Waals surface area (Å²) in [5, 5.41) is 6.92. The van der Waals surface area contributed by atoms with Gasteiger partial charge in [-0.25, -0.2) is 4.79 Å². The van der Waals surface area contributed by atoms with Gasteiger partial charge in [0.05, 0.1) is 6.26 Å². The summed E-state index contributed by atoms with van der Waals surface area (Å²) in [6.45, 7) is 0. The maximum Gasteiger partial charge on any atom is 0.379 e. The molecule has 5 rings (SSSR count). The Labute approximate surface area is 149 Å². The van der Waals surface area contributed by atoms with Gasteiger partial charge in [-0.2, -0.15) is 0 Å². The molecule has 0 unspecified atom stereocenters. The smallest absolute Gasteiger partial charge is 0.379 e.